The zero-order chi connectivity index (χ0) is 12.8. The second-order valence-corrected chi connectivity index (χ2v) is 6.34. The number of nitrogens with one attached hydrogen (secondary N) is 1. The van der Waals surface area contributed by atoms with Gasteiger partial charge >= 0.3 is 0 Å². The van der Waals surface area contributed by atoms with E-state index in [0.29, 0.717) is 24.1 Å². The maximum absolute atomic E-state index is 5.84. The topological polar surface area (TPSA) is 21.3 Å². The van der Waals surface area contributed by atoms with Crippen molar-refractivity contribution in [3.05, 3.63) is 35.9 Å². The van der Waals surface area contributed by atoms with Gasteiger partial charge in [0.25, 0.3) is 0 Å². The molecule has 1 aromatic rings. The highest BCUT2D eigenvalue weighted by molar-refractivity contribution is 5.20. The third-order valence-corrected chi connectivity index (χ3v) is 4.83. The third kappa shape index (κ3) is 1.79. The van der Waals surface area contributed by atoms with Gasteiger partial charge in [0.1, 0.15) is 0 Å². The Morgan fingerprint density at radius 3 is 2.72 bits per heavy atom. The van der Waals surface area contributed by atoms with Crippen molar-refractivity contribution in [3.8, 4) is 0 Å². The highest BCUT2D eigenvalue weighted by Gasteiger charge is 2.59. The average Bonchev–Trinajstić information content (AvgIpc) is 2.83. The van der Waals surface area contributed by atoms with Crippen LogP contribution in [0.25, 0.3) is 0 Å². The molecular formula is C16H23NO. The van der Waals surface area contributed by atoms with Crippen LogP contribution in [0.15, 0.2) is 30.3 Å². The van der Waals surface area contributed by atoms with Crippen LogP contribution in [-0.2, 0) is 4.74 Å². The molecule has 0 bridgehead atoms. The van der Waals surface area contributed by atoms with Gasteiger partial charge in [-0.25, -0.2) is 0 Å². The molecule has 4 atom stereocenters. The van der Waals surface area contributed by atoms with Crippen molar-refractivity contribution in [2.45, 2.75) is 45.4 Å². The average molecular weight is 245 g/mol. The lowest BCUT2D eigenvalue weighted by atomic mass is 9.57. The van der Waals surface area contributed by atoms with Crippen molar-refractivity contribution in [2.75, 3.05) is 6.61 Å². The summed E-state index contributed by atoms with van der Waals surface area (Å²) in [6.45, 7) is 7.86. The number of benzene rings is 1. The summed E-state index contributed by atoms with van der Waals surface area (Å²) in [5.41, 5.74) is 1.64. The van der Waals surface area contributed by atoms with E-state index < -0.39 is 0 Å². The molecule has 1 N–H and O–H groups in total. The van der Waals surface area contributed by atoms with Gasteiger partial charge in [-0.05, 0) is 18.9 Å². The Bertz CT molecular complexity index is 414. The number of ether oxygens (including phenoxy) is 1. The summed E-state index contributed by atoms with van der Waals surface area (Å²) < 4.78 is 5.84. The van der Waals surface area contributed by atoms with Gasteiger partial charge in [0, 0.05) is 30.0 Å². The van der Waals surface area contributed by atoms with Gasteiger partial charge < -0.3 is 10.1 Å². The molecule has 0 spiro atoms. The first-order valence-corrected chi connectivity index (χ1v) is 7.03. The first-order chi connectivity index (χ1) is 8.60. The standard InChI is InChI=1S/C16H23NO/c1-11(12-7-5-4-6-8-12)17-14-13-9-10-18-15(13)16(14,2)3/h4-8,11,13-15,17H,9-10H2,1-3H3. The molecular weight excluding hydrogens is 222 g/mol. The van der Waals surface area contributed by atoms with Gasteiger partial charge in [-0.1, -0.05) is 44.2 Å². The monoisotopic (exact) mass is 245 g/mol. The summed E-state index contributed by atoms with van der Waals surface area (Å²) in [6, 6.07) is 11.7. The number of fused-ring (bicyclic) bond motifs is 1. The molecule has 1 aliphatic carbocycles. The molecule has 1 saturated carbocycles. The summed E-state index contributed by atoms with van der Waals surface area (Å²) in [5, 5.41) is 3.81. The number of hydrogen-bond acceptors (Lipinski definition) is 2. The largest absolute Gasteiger partial charge is 0.377 e. The lowest BCUT2D eigenvalue weighted by Gasteiger charge is -2.55. The lowest BCUT2D eigenvalue weighted by molar-refractivity contribution is -0.115. The quantitative estimate of drug-likeness (QED) is 0.883. The van der Waals surface area contributed by atoms with E-state index in [0.717, 1.165) is 6.61 Å². The minimum absolute atomic E-state index is 0.268. The van der Waals surface area contributed by atoms with E-state index >= 15 is 0 Å². The minimum atomic E-state index is 0.268. The number of rotatable bonds is 3. The molecule has 2 heteroatoms. The fraction of sp³-hybridized carbons (Fsp3) is 0.625. The van der Waals surface area contributed by atoms with E-state index in [4.69, 9.17) is 4.74 Å². The van der Waals surface area contributed by atoms with Gasteiger partial charge in [-0.3, -0.25) is 0 Å². The molecule has 1 aromatic carbocycles. The summed E-state index contributed by atoms with van der Waals surface area (Å²) in [4.78, 5) is 0. The van der Waals surface area contributed by atoms with Gasteiger partial charge in [-0.15, -0.1) is 0 Å². The predicted molar refractivity (Wildman–Crippen MR) is 73.4 cm³/mol. The molecule has 3 rings (SSSR count). The van der Waals surface area contributed by atoms with E-state index in [1.165, 1.54) is 12.0 Å². The normalized spacial score (nSPS) is 34.7. The molecule has 98 valence electrons. The Hall–Kier alpha value is -0.860. The van der Waals surface area contributed by atoms with E-state index in [9.17, 15) is 0 Å². The Labute approximate surface area is 110 Å². The number of hydrogen-bond donors (Lipinski definition) is 1. The molecule has 2 fully saturated rings. The molecule has 1 saturated heterocycles. The minimum Gasteiger partial charge on any atom is -0.377 e. The molecule has 1 aliphatic heterocycles. The van der Waals surface area contributed by atoms with E-state index in [2.05, 4.69) is 56.4 Å². The van der Waals surface area contributed by atoms with Crippen molar-refractivity contribution >= 4 is 0 Å². The van der Waals surface area contributed by atoms with Crippen LogP contribution >= 0.6 is 0 Å². The Balaban J connectivity index is 1.70. The molecule has 0 aromatic heterocycles. The first-order valence-electron chi connectivity index (χ1n) is 7.03. The predicted octanol–water partition coefficient (Wildman–Crippen LogP) is 3.15. The molecule has 1 heterocycles. The highest BCUT2D eigenvalue weighted by Crippen LogP contribution is 2.52. The van der Waals surface area contributed by atoms with Crippen LogP contribution in [0, 0.1) is 11.3 Å². The maximum atomic E-state index is 5.84. The van der Waals surface area contributed by atoms with Crippen LogP contribution < -0.4 is 5.32 Å². The van der Waals surface area contributed by atoms with Crippen molar-refractivity contribution in [1.29, 1.82) is 0 Å². The maximum Gasteiger partial charge on any atom is 0.0685 e. The van der Waals surface area contributed by atoms with Gasteiger partial charge in [0.05, 0.1) is 6.10 Å². The highest BCUT2D eigenvalue weighted by atomic mass is 16.5. The van der Waals surface area contributed by atoms with E-state index in [-0.39, 0.29) is 5.41 Å². The van der Waals surface area contributed by atoms with Gasteiger partial charge in [0.2, 0.25) is 0 Å². The molecule has 0 radical (unpaired) electrons. The van der Waals surface area contributed by atoms with Gasteiger partial charge in [0.15, 0.2) is 0 Å². The van der Waals surface area contributed by atoms with Crippen LogP contribution in [0.4, 0.5) is 0 Å². The first kappa shape index (κ1) is 12.2. The van der Waals surface area contributed by atoms with Crippen LogP contribution in [-0.4, -0.2) is 18.8 Å². The van der Waals surface area contributed by atoms with Crippen molar-refractivity contribution in [3.63, 3.8) is 0 Å². The van der Waals surface area contributed by atoms with Crippen LogP contribution in [0.2, 0.25) is 0 Å². The molecule has 2 aliphatic rings. The van der Waals surface area contributed by atoms with Crippen LogP contribution in [0.5, 0.6) is 0 Å². The Morgan fingerprint density at radius 1 is 1.28 bits per heavy atom. The van der Waals surface area contributed by atoms with Crippen LogP contribution in [0.1, 0.15) is 38.8 Å². The second kappa shape index (κ2) is 4.36. The summed E-state index contributed by atoms with van der Waals surface area (Å²) >= 11 is 0. The van der Waals surface area contributed by atoms with Gasteiger partial charge in [-0.2, -0.15) is 0 Å². The van der Waals surface area contributed by atoms with E-state index in [1.807, 2.05) is 0 Å². The van der Waals surface area contributed by atoms with Crippen molar-refractivity contribution in [1.82, 2.24) is 5.32 Å². The SMILES string of the molecule is CC(NC1C2CCOC2C1(C)C)c1ccccc1. The summed E-state index contributed by atoms with van der Waals surface area (Å²) in [7, 11) is 0. The Morgan fingerprint density at radius 2 is 2.00 bits per heavy atom. The smallest absolute Gasteiger partial charge is 0.0685 e. The second-order valence-electron chi connectivity index (χ2n) is 6.34. The lowest BCUT2D eigenvalue weighted by Crippen LogP contribution is -2.66. The third-order valence-electron chi connectivity index (χ3n) is 4.83. The fourth-order valence-electron chi connectivity index (χ4n) is 3.77. The van der Waals surface area contributed by atoms with E-state index in [1.54, 1.807) is 0 Å². The zero-order valence-corrected chi connectivity index (χ0v) is 11.5. The fourth-order valence-corrected chi connectivity index (χ4v) is 3.77. The molecule has 2 nitrogen and oxygen atoms in total. The molecule has 0 amide bonds. The molecule has 18 heavy (non-hydrogen) atoms. The van der Waals surface area contributed by atoms with Crippen LogP contribution in [0.3, 0.4) is 0 Å². The van der Waals surface area contributed by atoms with Crippen molar-refractivity contribution in [2.24, 2.45) is 11.3 Å². The van der Waals surface area contributed by atoms with Crippen molar-refractivity contribution < 1.29 is 4.74 Å². The molecule has 4 unspecified atom stereocenters. The Kier molecular flexibility index (Phi) is 2.95. The zero-order valence-electron chi connectivity index (χ0n) is 11.5. The summed E-state index contributed by atoms with van der Waals surface area (Å²) in [6.07, 6.45) is 1.69. The summed E-state index contributed by atoms with van der Waals surface area (Å²) in [5.74, 6) is 0.714.